The summed E-state index contributed by atoms with van der Waals surface area (Å²) in [6, 6.07) is 3.67. The van der Waals surface area contributed by atoms with Crippen molar-refractivity contribution in [2.45, 2.75) is 4.90 Å². The van der Waals surface area contributed by atoms with Crippen LogP contribution in [0.25, 0.3) is 0 Å². The number of halogens is 3. The molecule has 1 aromatic carbocycles. The molecule has 2 atom stereocenters. The van der Waals surface area contributed by atoms with E-state index in [0.29, 0.717) is 24.9 Å². The minimum Gasteiger partial charge on any atom is -0.316 e. The third kappa shape index (κ3) is 2.67. The van der Waals surface area contributed by atoms with Crippen LogP contribution in [0.3, 0.4) is 0 Å². The first kappa shape index (κ1) is 16.0. The first-order valence-electron chi connectivity index (χ1n) is 6.14. The molecule has 3 rings (SSSR count). The van der Waals surface area contributed by atoms with Crippen molar-refractivity contribution in [2.24, 2.45) is 11.8 Å². The van der Waals surface area contributed by atoms with E-state index in [0.717, 1.165) is 19.2 Å². The summed E-state index contributed by atoms with van der Waals surface area (Å²) < 4.78 is 40.0. The number of hydrogen-bond acceptors (Lipinski definition) is 3. The lowest BCUT2D eigenvalue weighted by Crippen LogP contribution is -2.32. The zero-order valence-electron chi connectivity index (χ0n) is 10.6. The number of hydrogen-bond donors (Lipinski definition) is 1. The van der Waals surface area contributed by atoms with Crippen molar-refractivity contribution in [2.75, 3.05) is 26.2 Å². The Labute approximate surface area is 128 Å². The maximum atomic E-state index is 13.8. The van der Waals surface area contributed by atoms with Crippen LogP contribution in [0.4, 0.5) is 4.39 Å². The maximum Gasteiger partial charge on any atom is 0.246 e. The minimum absolute atomic E-state index is 0. The Kier molecular flexibility index (Phi) is 4.61. The number of rotatable bonds is 2. The fourth-order valence-corrected chi connectivity index (χ4v) is 4.59. The van der Waals surface area contributed by atoms with E-state index in [1.165, 1.54) is 16.4 Å². The lowest BCUT2D eigenvalue weighted by Gasteiger charge is -2.17. The highest BCUT2D eigenvalue weighted by atomic mass is 35.5. The first-order valence-corrected chi connectivity index (χ1v) is 7.96. The molecule has 1 N–H and O–H groups in total. The highest BCUT2D eigenvalue weighted by Gasteiger charge is 2.42. The molecule has 0 amide bonds. The van der Waals surface area contributed by atoms with E-state index < -0.39 is 15.8 Å². The standard InChI is InChI=1S/C12H14ClFN2O2S.ClH/c13-10-1-2-12(11(14)3-10)19(17,18)16-6-8-4-15-5-9(8)7-16;/h1-3,8-9,15H,4-7H2;1H/t8-,9+;. The summed E-state index contributed by atoms with van der Waals surface area (Å²) in [5.74, 6) is -0.113. The largest absolute Gasteiger partial charge is 0.316 e. The summed E-state index contributed by atoms with van der Waals surface area (Å²) >= 11 is 5.65. The van der Waals surface area contributed by atoms with Gasteiger partial charge >= 0.3 is 0 Å². The Morgan fingerprint density at radius 2 is 1.85 bits per heavy atom. The minimum atomic E-state index is -3.76. The zero-order valence-corrected chi connectivity index (χ0v) is 12.9. The normalized spacial score (nSPS) is 26.3. The van der Waals surface area contributed by atoms with Crippen molar-refractivity contribution in [3.8, 4) is 0 Å². The molecule has 0 bridgehead atoms. The number of nitrogens with one attached hydrogen (secondary N) is 1. The summed E-state index contributed by atoms with van der Waals surface area (Å²) in [5, 5.41) is 3.44. The van der Waals surface area contributed by atoms with Crippen LogP contribution < -0.4 is 5.32 Å². The summed E-state index contributed by atoms with van der Waals surface area (Å²) in [6.07, 6.45) is 0. The van der Waals surface area contributed by atoms with Gasteiger partial charge in [-0.2, -0.15) is 4.31 Å². The van der Waals surface area contributed by atoms with E-state index in [1.807, 2.05) is 0 Å². The van der Waals surface area contributed by atoms with Gasteiger partial charge < -0.3 is 5.32 Å². The van der Waals surface area contributed by atoms with Gasteiger partial charge in [0.25, 0.3) is 0 Å². The molecule has 0 saturated carbocycles. The monoisotopic (exact) mass is 340 g/mol. The molecule has 0 aromatic heterocycles. The number of fused-ring (bicyclic) bond motifs is 1. The molecule has 2 aliphatic rings. The summed E-state index contributed by atoms with van der Waals surface area (Å²) in [4.78, 5) is -0.287. The van der Waals surface area contributed by atoms with E-state index in [9.17, 15) is 12.8 Å². The molecule has 1 aromatic rings. The molecule has 112 valence electrons. The van der Waals surface area contributed by atoms with Crippen molar-refractivity contribution in [1.29, 1.82) is 0 Å². The second-order valence-electron chi connectivity index (χ2n) is 5.08. The fraction of sp³-hybridized carbons (Fsp3) is 0.500. The van der Waals surface area contributed by atoms with Crippen LogP contribution in [0.15, 0.2) is 23.1 Å². The van der Waals surface area contributed by atoms with Gasteiger partial charge in [0, 0.05) is 18.1 Å². The van der Waals surface area contributed by atoms with E-state index in [4.69, 9.17) is 11.6 Å². The van der Waals surface area contributed by atoms with Gasteiger partial charge in [-0.15, -0.1) is 12.4 Å². The van der Waals surface area contributed by atoms with Crippen LogP contribution in [-0.4, -0.2) is 38.9 Å². The van der Waals surface area contributed by atoms with Gasteiger partial charge in [0.2, 0.25) is 10.0 Å². The predicted molar refractivity (Wildman–Crippen MR) is 77.3 cm³/mol. The third-order valence-corrected chi connectivity index (χ3v) is 5.97. The Hall–Kier alpha value is -0.400. The predicted octanol–water partition coefficient (Wildman–Crippen LogP) is 1.74. The van der Waals surface area contributed by atoms with Gasteiger partial charge in [-0.1, -0.05) is 11.6 Å². The van der Waals surface area contributed by atoms with Crippen molar-refractivity contribution in [1.82, 2.24) is 9.62 Å². The molecular weight excluding hydrogens is 326 g/mol. The van der Waals surface area contributed by atoms with E-state index in [1.54, 1.807) is 0 Å². The average molecular weight is 341 g/mol. The molecule has 20 heavy (non-hydrogen) atoms. The lowest BCUT2D eigenvalue weighted by atomic mass is 10.0. The van der Waals surface area contributed by atoms with Gasteiger partial charge in [0.1, 0.15) is 10.7 Å². The Balaban J connectivity index is 0.00000147. The second kappa shape index (κ2) is 5.77. The topological polar surface area (TPSA) is 49.4 Å². The second-order valence-corrected chi connectivity index (χ2v) is 7.42. The Morgan fingerprint density at radius 1 is 1.25 bits per heavy atom. The molecule has 8 heteroatoms. The van der Waals surface area contributed by atoms with Crippen LogP contribution in [0.2, 0.25) is 5.02 Å². The van der Waals surface area contributed by atoms with Crippen molar-refractivity contribution >= 4 is 34.0 Å². The van der Waals surface area contributed by atoms with Gasteiger partial charge in [-0.25, -0.2) is 12.8 Å². The zero-order chi connectivity index (χ0) is 13.6. The Bertz CT molecular complexity index is 599. The van der Waals surface area contributed by atoms with E-state index >= 15 is 0 Å². The Morgan fingerprint density at radius 3 is 2.40 bits per heavy atom. The molecule has 2 fully saturated rings. The highest BCUT2D eigenvalue weighted by molar-refractivity contribution is 7.89. The number of sulfonamides is 1. The molecular formula is C12H15Cl2FN2O2S. The molecule has 2 heterocycles. The average Bonchev–Trinajstić information content (AvgIpc) is 2.87. The summed E-state index contributed by atoms with van der Waals surface area (Å²) in [5.41, 5.74) is 0. The van der Waals surface area contributed by atoms with Crippen LogP contribution >= 0.6 is 24.0 Å². The lowest BCUT2D eigenvalue weighted by molar-refractivity contribution is 0.443. The van der Waals surface area contributed by atoms with Crippen molar-refractivity contribution in [3.05, 3.63) is 29.0 Å². The van der Waals surface area contributed by atoms with Crippen LogP contribution in [0.1, 0.15) is 0 Å². The highest BCUT2D eigenvalue weighted by Crippen LogP contribution is 2.31. The van der Waals surface area contributed by atoms with Gasteiger partial charge in [0.15, 0.2) is 0 Å². The molecule has 0 unspecified atom stereocenters. The molecule has 2 aliphatic heterocycles. The van der Waals surface area contributed by atoms with E-state index in [2.05, 4.69) is 5.32 Å². The molecule has 4 nitrogen and oxygen atoms in total. The maximum absolute atomic E-state index is 13.8. The fourth-order valence-electron chi connectivity index (χ4n) is 2.83. The number of benzene rings is 1. The smallest absolute Gasteiger partial charge is 0.246 e. The van der Waals surface area contributed by atoms with Gasteiger partial charge in [-0.05, 0) is 43.1 Å². The number of nitrogens with zero attached hydrogens (tertiary/aromatic N) is 1. The van der Waals surface area contributed by atoms with Crippen LogP contribution in [0, 0.1) is 17.7 Å². The van der Waals surface area contributed by atoms with Crippen LogP contribution in [0.5, 0.6) is 0 Å². The molecule has 0 spiro atoms. The first-order chi connectivity index (χ1) is 8.98. The van der Waals surface area contributed by atoms with E-state index in [-0.39, 0.29) is 22.3 Å². The summed E-state index contributed by atoms with van der Waals surface area (Å²) in [7, 11) is -3.76. The van der Waals surface area contributed by atoms with Crippen molar-refractivity contribution in [3.63, 3.8) is 0 Å². The SMILES string of the molecule is Cl.O=S(=O)(c1ccc(Cl)cc1F)N1C[C@H]2CNC[C@H]2C1. The third-order valence-electron chi connectivity index (χ3n) is 3.87. The van der Waals surface area contributed by atoms with Gasteiger partial charge in [0.05, 0.1) is 0 Å². The summed E-state index contributed by atoms with van der Waals surface area (Å²) in [6.45, 7) is 2.59. The quantitative estimate of drug-likeness (QED) is 0.892. The van der Waals surface area contributed by atoms with Crippen molar-refractivity contribution < 1.29 is 12.8 Å². The van der Waals surface area contributed by atoms with Gasteiger partial charge in [-0.3, -0.25) is 0 Å². The molecule has 2 saturated heterocycles. The molecule has 0 radical (unpaired) electrons. The molecule has 0 aliphatic carbocycles. The van der Waals surface area contributed by atoms with Crippen LogP contribution in [-0.2, 0) is 10.0 Å².